The average molecular weight is 553 g/mol. The molecular weight excluding hydrogens is 522 g/mol. The predicted octanol–water partition coefficient (Wildman–Crippen LogP) is 8.05. The van der Waals surface area contributed by atoms with Gasteiger partial charge >= 0.3 is 276 Å². The Morgan fingerprint density at radius 1 is 0.512 bits per heavy atom. The maximum atomic E-state index is 2.62. The third-order valence-corrected chi connectivity index (χ3v) is 13.8. The quantitative estimate of drug-likeness (QED) is 0.225. The Labute approximate surface area is 274 Å². The summed E-state index contributed by atoms with van der Waals surface area (Å²) in [6.45, 7) is 5.24. The van der Waals surface area contributed by atoms with E-state index in [-0.39, 0.29) is 0 Å². The van der Waals surface area contributed by atoms with Crippen molar-refractivity contribution in [1.29, 1.82) is 0 Å². The van der Waals surface area contributed by atoms with Gasteiger partial charge in [0.1, 0.15) is 0 Å². The third kappa shape index (κ3) is 4.11. The Morgan fingerprint density at radius 2 is 0.930 bits per heavy atom. The van der Waals surface area contributed by atoms with E-state index in [0.29, 0.717) is 11.8 Å². The van der Waals surface area contributed by atoms with Crippen LogP contribution in [0.4, 0.5) is 0 Å². The van der Waals surface area contributed by atoms with Gasteiger partial charge in [-0.15, -0.1) is 0 Å². The molecule has 0 spiro atoms. The van der Waals surface area contributed by atoms with Crippen LogP contribution in [0.2, 0.25) is 13.1 Å². The van der Waals surface area contributed by atoms with Gasteiger partial charge in [-0.3, -0.25) is 0 Å². The summed E-state index contributed by atoms with van der Waals surface area (Å²) >= 11 is 4.73. The first-order chi connectivity index (χ1) is 21.0. The minimum atomic E-state index is -2.40. The predicted molar refractivity (Wildman–Crippen MR) is 188 cm³/mol. The van der Waals surface area contributed by atoms with Crippen LogP contribution < -0.4 is 10.4 Å². The summed E-state index contributed by atoms with van der Waals surface area (Å²) in [6.07, 6.45) is 18.3. The first kappa shape index (κ1) is 27.3. The van der Waals surface area contributed by atoms with Gasteiger partial charge in [-0.05, 0) is 0 Å². The molecule has 0 saturated heterocycles. The molecule has 0 amide bonds. The van der Waals surface area contributed by atoms with Crippen molar-refractivity contribution in [3.05, 3.63) is 167 Å². The van der Waals surface area contributed by atoms with Crippen LogP contribution >= 0.6 is 0 Å². The summed E-state index contributed by atoms with van der Waals surface area (Å²) in [6, 6.07) is 31.9. The van der Waals surface area contributed by atoms with E-state index in [4.69, 9.17) is 0 Å². The second-order valence-electron chi connectivity index (χ2n) is 12.9. The summed E-state index contributed by atoms with van der Waals surface area (Å²) < 4.78 is 2.88. The molecule has 2 atom stereocenters. The summed E-state index contributed by atoms with van der Waals surface area (Å²) in [4.78, 5) is 0. The van der Waals surface area contributed by atoms with Crippen LogP contribution in [0.3, 0.4) is 0 Å². The number of rotatable bonds is 4. The average Bonchev–Trinajstić information content (AvgIpc) is 3.51. The topological polar surface area (TPSA) is 0 Å². The Bertz CT molecular complexity index is 1860. The molecule has 3 heteroatoms. The Morgan fingerprint density at radius 3 is 1.35 bits per heavy atom. The molecular formula is C40H30Li2Si. The van der Waals surface area contributed by atoms with Gasteiger partial charge in [0.2, 0.25) is 0 Å². The molecule has 4 aromatic carbocycles. The van der Waals surface area contributed by atoms with Crippen LogP contribution in [0.1, 0.15) is 34.1 Å². The van der Waals surface area contributed by atoms with Crippen molar-refractivity contribution in [2.24, 2.45) is 0 Å². The van der Waals surface area contributed by atoms with Gasteiger partial charge < -0.3 is 0 Å². The van der Waals surface area contributed by atoms with Gasteiger partial charge in [0.25, 0.3) is 0 Å². The summed E-state index contributed by atoms with van der Waals surface area (Å²) in [7, 11) is -2.40. The van der Waals surface area contributed by atoms with Crippen molar-refractivity contribution in [1.82, 2.24) is 0 Å². The second kappa shape index (κ2) is 10.4. The van der Waals surface area contributed by atoms with E-state index < -0.39 is 8.07 Å². The number of hydrogen-bond donors (Lipinski definition) is 0. The summed E-state index contributed by atoms with van der Waals surface area (Å²) in [5, 5.41) is 3.14. The first-order valence-electron chi connectivity index (χ1n) is 15.5. The van der Waals surface area contributed by atoms with E-state index in [2.05, 4.69) is 182 Å². The zero-order valence-electron chi connectivity index (χ0n) is 25.4. The van der Waals surface area contributed by atoms with Crippen LogP contribution in [0, 0.1) is 0 Å². The van der Waals surface area contributed by atoms with Crippen LogP contribution in [0.15, 0.2) is 145 Å². The number of fused-ring (bicyclic) bond motifs is 6. The van der Waals surface area contributed by atoms with Crippen LogP contribution in [-0.4, -0.2) is 43.5 Å². The van der Waals surface area contributed by atoms with Gasteiger partial charge in [0.05, 0.1) is 0 Å². The molecule has 4 aromatic rings. The molecule has 196 valence electrons. The van der Waals surface area contributed by atoms with Crippen molar-refractivity contribution < 1.29 is 0 Å². The van der Waals surface area contributed by atoms with E-state index in [0.717, 1.165) is 0 Å². The van der Waals surface area contributed by atoms with Crippen LogP contribution in [0.5, 0.6) is 0 Å². The fourth-order valence-electron chi connectivity index (χ4n) is 8.34. The number of hydrogen-bond acceptors (Lipinski definition) is 0. The van der Waals surface area contributed by atoms with E-state index >= 15 is 0 Å². The molecule has 0 radical (unpaired) electrons. The normalized spacial score (nSPS) is 19.6. The molecule has 0 aromatic heterocycles. The molecule has 0 fully saturated rings. The van der Waals surface area contributed by atoms with Crippen molar-refractivity contribution in [2.45, 2.75) is 24.9 Å². The summed E-state index contributed by atoms with van der Waals surface area (Å²) in [5.74, 6) is 0.677. The van der Waals surface area contributed by atoms with Crippen LogP contribution in [-0.2, 0) is 0 Å². The molecule has 8 rings (SSSR count). The Hall–Kier alpha value is -3.27. The van der Waals surface area contributed by atoms with E-state index in [1.807, 2.05) is 0 Å². The summed E-state index contributed by atoms with van der Waals surface area (Å²) in [5.41, 5.74) is 14.2. The third-order valence-electron chi connectivity index (χ3n) is 10.2. The zero-order valence-corrected chi connectivity index (χ0v) is 26.4. The molecule has 0 aliphatic heterocycles. The van der Waals surface area contributed by atoms with Crippen molar-refractivity contribution in [3.8, 4) is 22.3 Å². The van der Waals surface area contributed by atoms with Crippen LogP contribution in [0.25, 0.3) is 30.7 Å². The fraction of sp³-hybridized carbons (Fsp3) is 0.100. The van der Waals surface area contributed by atoms with E-state index in [1.165, 1.54) is 64.1 Å². The molecule has 0 heterocycles. The SMILES string of the molecule is [Li][C]1=C2C=CC=CC2c2ccc(-c3ccccc3)c([Si](C)(C)c3c(-c4ccccc4)ccc4c3[C]([Li])=C3C=CC=CC34)c21. The van der Waals surface area contributed by atoms with Gasteiger partial charge in [0, 0.05) is 0 Å². The molecule has 43 heavy (non-hydrogen) atoms. The number of benzene rings is 4. The van der Waals surface area contributed by atoms with Gasteiger partial charge in [-0.1, -0.05) is 0 Å². The molecule has 4 aliphatic rings. The van der Waals surface area contributed by atoms with Crippen molar-refractivity contribution in [3.63, 3.8) is 0 Å². The van der Waals surface area contributed by atoms with Gasteiger partial charge in [0.15, 0.2) is 0 Å². The molecule has 0 bridgehead atoms. The molecule has 4 aliphatic carbocycles. The standard InChI is InChI=1S/C40H30Si.2Li/c1-41(2,39-33(27-13-5-3-6-14-27)21-23-35-31-19-11-9-17-29(31)25-37(35)39)40-34(28-15-7-4-8-16-28)22-24-36-32-20-12-10-18-30(32)26-38(36)40;;/h3-24,31-32H,1-2H3;;. The maximum absolute atomic E-state index is 2.62. The van der Waals surface area contributed by atoms with Crippen molar-refractivity contribution >= 4 is 62.4 Å². The molecule has 0 N–H and O–H groups in total. The molecule has 0 saturated carbocycles. The number of allylic oxidation sites excluding steroid dienone is 10. The van der Waals surface area contributed by atoms with Crippen molar-refractivity contribution in [2.75, 3.05) is 0 Å². The Balaban J connectivity index is 1.50. The van der Waals surface area contributed by atoms with E-state index in [9.17, 15) is 0 Å². The van der Waals surface area contributed by atoms with E-state index in [1.54, 1.807) is 10.4 Å². The first-order valence-corrected chi connectivity index (χ1v) is 18.5. The molecule has 2 unspecified atom stereocenters. The monoisotopic (exact) mass is 552 g/mol. The fourth-order valence-corrected chi connectivity index (χ4v) is 12.3. The second-order valence-corrected chi connectivity index (χ2v) is 17.1. The zero-order chi connectivity index (χ0) is 29.3. The minimum absolute atomic E-state index is 0.338. The Kier molecular flexibility index (Phi) is 6.62. The van der Waals surface area contributed by atoms with Gasteiger partial charge in [-0.25, -0.2) is 0 Å². The van der Waals surface area contributed by atoms with Gasteiger partial charge in [-0.2, -0.15) is 0 Å². The molecule has 0 nitrogen and oxygen atoms in total.